The van der Waals surface area contributed by atoms with Gasteiger partial charge < -0.3 is 23.7 Å². The average molecular weight is 795 g/mol. The zero-order valence-electron chi connectivity index (χ0n) is 34.5. The highest BCUT2D eigenvalue weighted by atomic mass is 16.7. The first kappa shape index (κ1) is 35.1. The van der Waals surface area contributed by atoms with E-state index in [-0.39, 0.29) is 17.1 Å². The number of hydrogen-bond donors (Lipinski definition) is 0. The number of rotatable bonds is 9. The van der Waals surface area contributed by atoms with Crippen molar-refractivity contribution < 1.29 is 23.7 Å². The molecule has 1 heterocycles. The van der Waals surface area contributed by atoms with Gasteiger partial charge in [0.25, 0.3) is 0 Å². The minimum absolute atomic E-state index is 0.0193. The predicted molar refractivity (Wildman–Crippen MR) is 235 cm³/mol. The van der Waals surface area contributed by atoms with Crippen LogP contribution < -0.4 is 14.2 Å². The van der Waals surface area contributed by atoms with Gasteiger partial charge in [-0.15, -0.1) is 0 Å². The first-order valence-corrected chi connectivity index (χ1v) is 23.3. The first-order chi connectivity index (χ1) is 29.5. The number of ether oxygens (including phenoxy) is 5. The van der Waals surface area contributed by atoms with Crippen LogP contribution in [0.2, 0.25) is 0 Å². The van der Waals surface area contributed by atoms with Gasteiger partial charge in [0, 0.05) is 17.0 Å². The lowest BCUT2D eigenvalue weighted by Gasteiger charge is -2.56. The number of hydrogen-bond acceptors (Lipinski definition) is 5. The lowest BCUT2D eigenvalue weighted by molar-refractivity contribution is -0.190. The molecule has 8 aliphatic carbocycles. The van der Waals surface area contributed by atoms with Gasteiger partial charge in [0.2, 0.25) is 0 Å². The fourth-order valence-electron chi connectivity index (χ4n) is 15.9. The minimum Gasteiger partial charge on any atom is -0.468 e. The van der Waals surface area contributed by atoms with Crippen LogP contribution in [0.3, 0.4) is 0 Å². The molecule has 8 fully saturated rings. The molecule has 5 nitrogen and oxygen atoms in total. The summed E-state index contributed by atoms with van der Waals surface area (Å²) < 4.78 is 33.2. The third kappa shape index (κ3) is 5.18. The largest absolute Gasteiger partial charge is 0.468 e. The van der Waals surface area contributed by atoms with E-state index in [1.165, 1.54) is 122 Å². The molecule has 15 rings (SSSR count). The Labute approximate surface area is 352 Å². The van der Waals surface area contributed by atoms with E-state index >= 15 is 0 Å². The standard InChI is InChI=1S/C55H54O5/c1-2-4-37-22-40(6-5-36(37)3-1)50-51-46-13-11-44(56-31-58-53-18-17-41-9-10-42-25-43(29-53)55(41,42)30-53)23-38(46)7-15-48(51)60-49-16-8-39-24-45(12-14-47(39)52(49)50)57-32-59-54-26-33-19-34(27-54)21-35(20-33)28-54/h1-8,11-16,22-24,33-35,41-43,50H,9-10,17-21,25-32H2. The van der Waals surface area contributed by atoms with Crippen molar-refractivity contribution in [1.82, 2.24) is 0 Å². The summed E-state index contributed by atoms with van der Waals surface area (Å²) in [4.78, 5) is 0. The second-order valence-corrected chi connectivity index (χ2v) is 20.9. The van der Waals surface area contributed by atoms with Crippen molar-refractivity contribution in [2.24, 2.45) is 40.9 Å². The Kier molecular flexibility index (Phi) is 7.44. The molecular weight excluding hydrogens is 741 g/mol. The van der Waals surface area contributed by atoms with Gasteiger partial charge in [-0.1, -0.05) is 66.7 Å². The van der Waals surface area contributed by atoms with Crippen molar-refractivity contribution in [3.05, 3.63) is 120 Å². The van der Waals surface area contributed by atoms with E-state index in [1.807, 2.05) is 0 Å². The maximum atomic E-state index is 6.87. The molecule has 6 unspecified atom stereocenters. The Balaban J connectivity index is 0.779. The maximum absolute atomic E-state index is 6.87. The summed E-state index contributed by atoms with van der Waals surface area (Å²) in [6.07, 6.45) is 17.3. The van der Waals surface area contributed by atoms with Crippen molar-refractivity contribution in [2.75, 3.05) is 13.6 Å². The van der Waals surface area contributed by atoms with Crippen molar-refractivity contribution >= 4 is 32.3 Å². The van der Waals surface area contributed by atoms with Gasteiger partial charge >= 0.3 is 0 Å². The van der Waals surface area contributed by atoms with Gasteiger partial charge in [0.1, 0.15) is 23.0 Å². The van der Waals surface area contributed by atoms with Gasteiger partial charge in [0.05, 0.1) is 11.2 Å². The van der Waals surface area contributed by atoms with Crippen LogP contribution in [0.1, 0.15) is 106 Å². The van der Waals surface area contributed by atoms with Crippen LogP contribution in [0.4, 0.5) is 0 Å². The molecule has 6 aromatic carbocycles. The molecule has 6 atom stereocenters. The van der Waals surface area contributed by atoms with E-state index in [2.05, 4.69) is 103 Å². The molecule has 0 N–H and O–H groups in total. The predicted octanol–water partition coefficient (Wildman–Crippen LogP) is 13.5. The normalized spacial score (nSPS) is 34.9. The summed E-state index contributed by atoms with van der Waals surface area (Å²) in [5.74, 6) is 8.82. The summed E-state index contributed by atoms with van der Waals surface area (Å²) in [5, 5.41) is 7.12. The van der Waals surface area contributed by atoms with Crippen molar-refractivity contribution in [2.45, 2.75) is 101 Å². The Bertz CT molecular complexity index is 2700. The van der Waals surface area contributed by atoms with Gasteiger partial charge in [-0.3, -0.25) is 0 Å². The molecule has 0 aromatic heterocycles. The van der Waals surface area contributed by atoms with E-state index < -0.39 is 0 Å². The molecule has 9 aliphatic rings. The monoisotopic (exact) mass is 794 g/mol. The smallest absolute Gasteiger partial charge is 0.189 e. The molecule has 0 radical (unpaired) electrons. The first-order valence-electron chi connectivity index (χ1n) is 23.3. The summed E-state index contributed by atoms with van der Waals surface area (Å²) in [7, 11) is 0. The zero-order valence-corrected chi connectivity index (χ0v) is 34.5. The second kappa shape index (κ2) is 12.7. The second-order valence-electron chi connectivity index (χ2n) is 20.9. The average Bonchev–Trinajstić information content (AvgIpc) is 3.65. The van der Waals surface area contributed by atoms with Crippen LogP contribution in [0.25, 0.3) is 32.3 Å². The van der Waals surface area contributed by atoms with Crippen LogP contribution >= 0.6 is 0 Å². The molecule has 1 spiro atoms. The van der Waals surface area contributed by atoms with Crippen molar-refractivity contribution in [3.63, 3.8) is 0 Å². The van der Waals surface area contributed by atoms with Gasteiger partial charge in [-0.25, -0.2) is 0 Å². The van der Waals surface area contributed by atoms with Crippen LogP contribution in [0.15, 0.2) is 103 Å². The molecule has 0 amide bonds. The summed E-state index contributed by atoms with van der Waals surface area (Å²) in [6.45, 7) is 0.627. The van der Waals surface area contributed by atoms with Crippen molar-refractivity contribution in [3.8, 4) is 23.0 Å². The minimum atomic E-state index is -0.0483. The van der Waals surface area contributed by atoms with Crippen LogP contribution in [-0.4, -0.2) is 24.8 Å². The summed E-state index contributed by atoms with van der Waals surface area (Å²) in [5.41, 5.74) is 4.28. The highest BCUT2D eigenvalue weighted by molar-refractivity contribution is 5.96. The third-order valence-corrected chi connectivity index (χ3v) is 18.0. The Morgan fingerprint density at radius 1 is 0.517 bits per heavy atom. The van der Waals surface area contributed by atoms with Gasteiger partial charge in [-0.2, -0.15) is 0 Å². The fourth-order valence-corrected chi connectivity index (χ4v) is 15.9. The molecule has 8 saturated carbocycles. The van der Waals surface area contributed by atoms with E-state index in [1.54, 1.807) is 0 Å². The highest BCUT2D eigenvalue weighted by Gasteiger charge is 2.71. The Morgan fingerprint density at radius 2 is 1.13 bits per heavy atom. The molecule has 304 valence electrons. The number of benzene rings is 6. The van der Waals surface area contributed by atoms with Gasteiger partial charge in [0.15, 0.2) is 13.6 Å². The van der Waals surface area contributed by atoms with Gasteiger partial charge in [-0.05, 0) is 199 Å². The van der Waals surface area contributed by atoms with E-state index in [9.17, 15) is 0 Å². The maximum Gasteiger partial charge on any atom is 0.189 e. The summed E-state index contributed by atoms with van der Waals surface area (Å²) >= 11 is 0. The molecule has 5 heteroatoms. The molecule has 60 heavy (non-hydrogen) atoms. The van der Waals surface area contributed by atoms with E-state index in [0.29, 0.717) is 19.0 Å². The molecule has 6 aromatic rings. The Hall–Kier alpha value is -4.58. The van der Waals surface area contributed by atoms with Crippen molar-refractivity contribution in [1.29, 1.82) is 0 Å². The van der Waals surface area contributed by atoms with E-state index in [4.69, 9.17) is 23.7 Å². The van der Waals surface area contributed by atoms with E-state index in [0.717, 1.165) is 69.3 Å². The lowest BCUT2D eigenvalue weighted by Crippen LogP contribution is -2.52. The lowest BCUT2D eigenvalue weighted by atomic mass is 9.51. The van der Waals surface area contributed by atoms with Crippen LogP contribution in [-0.2, 0) is 9.47 Å². The SMILES string of the molecule is c1ccc2cc(C3c4c(ccc5cc(OCOC67CC8CC(CC(C8)C6)C7)ccc45)Oc4ccc5cc(OCOC67CCC8CCC9CC(C6)C89C7)ccc5c43)ccc2c1. The van der Waals surface area contributed by atoms with Crippen LogP contribution in [0, 0.1) is 40.9 Å². The fraction of sp³-hybridized carbons (Fsp3) is 0.455. The molecule has 1 aliphatic heterocycles. The number of fused-ring (bicyclic) bond motifs is 8. The third-order valence-electron chi connectivity index (χ3n) is 18.0. The summed E-state index contributed by atoms with van der Waals surface area (Å²) in [6, 6.07) is 37.4. The molecule has 0 saturated heterocycles. The topological polar surface area (TPSA) is 46.2 Å². The highest BCUT2D eigenvalue weighted by Crippen LogP contribution is 2.77. The zero-order chi connectivity index (χ0) is 39.2. The Morgan fingerprint density at radius 3 is 1.82 bits per heavy atom. The quantitative estimate of drug-likeness (QED) is 0.136. The molecule has 6 bridgehead atoms. The molecular formula is C55H54O5. The van der Waals surface area contributed by atoms with Crippen LogP contribution in [0.5, 0.6) is 23.0 Å².